The Morgan fingerprint density at radius 3 is 2.10 bits per heavy atom. The number of nitriles is 2. The van der Waals surface area contributed by atoms with Crippen LogP contribution in [0, 0.1) is 29.6 Å². The molecule has 0 saturated carbocycles. The van der Waals surface area contributed by atoms with Crippen molar-refractivity contribution in [2.24, 2.45) is 0 Å². The van der Waals surface area contributed by atoms with Crippen LogP contribution in [0.25, 0.3) is 0 Å². The normalized spacial score (nSPS) is 9.60. The monoisotopic (exact) mass is 261 g/mol. The summed E-state index contributed by atoms with van der Waals surface area (Å²) in [6.07, 6.45) is 0. The SMILES string of the molecule is Cc1cc(C#N)ccc1CN(C)c1ccc(C#N)cc1. The number of nitrogens with zero attached hydrogens (tertiary/aromatic N) is 3. The minimum atomic E-state index is 0.664. The summed E-state index contributed by atoms with van der Waals surface area (Å²) in [6, 6.07) is 17.5. The van der Waals surface area contributed by atoms with E-state index in [0.717, 1.165) is 17.8 Å². The van der Waals surface area contributed by atoms with Gasteiger partial charge < -0.3 is 4.90 Å². The van der Waals surface area contributed by atoms with Gasteiger partial charge in [0.2, 0.25) is 0 Å². The molecule has 2 aromatic carbocycles. The van der Waals surface area contributed by atoms with E-state index >= 15 is 0 Å². The van der Waals surface area contributed by atoms with Gasteiger partial charge in [-0.2, -0.15) is 10.5 Å². The molecule has 0 aliphatic heterocycles. The van der Waals surface area contributed by atoms with E-state index in [1.807, 2.05) is 56.4 Å². The van der Waals surface area contributed by atoms with E-state index in [0.29, 0.717) is 11.1 Å². The van der Waals surface area contributed by atoms with Gasteiger partial charge in [-0.25, -0.2) is 0 Å². The molecule has 20 heavy (non-hydrogen) atoms. The minimum absolute atomic E-state index is 0.664. The Labute approximate surface area is 119 Å². The zero-order valence-electron chi connectivity index (χ0n) is 11.6. The largest absolute Gasteiger partial charge is 0.370 e. The number of aryl methyl sites for hydroxylation is 1. The van der Waals surface area contributed by atoms with Crippen LogP contribution in [0.5, 0.6) is 0 Å². The zero-order valence-corrected chi connectivity index (χ0v) is 11.6. The summed E-state index contributed by atoms with van der Waals surface area (Å²) in [5, 5.41) is 17.7. The first-order valence-electron chi connectivity index (χ1n) is 6.35. The fourth-order valence-corrected chi connectivity index (χ4v) is 2.08. The number of anilines is 1. The van der Waals surface area contributed by atoms with E-state index < -0.39 is 0 Å². The van der Waals surface area contributed by atoms with Crippen molar-refractivity contribution in [3.8, 4) is 12.1 Å². The highest BCUT2D eigenvalue weighted by atomic mass is 15.1. The molecule has 0 amide bonds. The third-order valence-electron chi connectivity index (χ3n) is 3.32. The Bertz CT molecular complexity index is 688. The molecule has 3 heteroatoms. The Morgan fingerprint density at radius 2 is 1.55 bits per heavy atom. The third kappa shape index (κ3) is 2.96. The predicted octanol–water partition coefficient (Wildman–Crippen LogP) is 3.37. The van der Waals surface area contributed by atoms with Crippen LogP contribution in [-0.4, -0.2) is 7.05 Å². The smallest absolute Gasteiger partial charge is 0.0991 e. The first-order chi connectivity index (χ1) is 9.63. The van der Waals surface area contributed by atoms with Crippen molar-refractivity contribution in [1.29, 1.82) is 10.5 Å². The van der Waals surface area contributed by atoms with Gasteiger partial charge in [0, 0.05) is 19.3 Å². The lowest BCUT2D eigenvalue weighted by molar-refractivity contribution is 0.914. The average Bonchev–Trinajstić information content (AvgIpc) is 2.49. The van der Waals surface area contributed by atoms with E-state index in [1.165, 1.54) is 5.56 Å². The second-order valence-corrected chi connectivity index (χ2v) is 4.77. The third-order valence-corrected chi connectivity index (χ3v) is 3.32. The molecule has 0 aromatic heterocycles. The lowest BCUT2D eigenvalue weighted by Gasteiger charge is -2.20. The first-order valence-corrected chi connectivity index (χ1v) is 6.35. The van der Waals surface area contributed by atoms with Gasteiger partial charge in [0.25, 0.3) is 0 Å². The van der Waals surface area contributed by atoms with Crippen molar-refractivity contribution in [2.45, 2.75) is 13.5 Å². The van der Waals surface area contributed by atoms with Crippen LogP contribution >= 0.6 is 0 Å². The molecule has 0 aliphatic rings. The van der Waals surface area contributed by atoms with Crippen molar-refractivity contribution in [3.63, 3.8) is 0 Å². The van der Waals surface area contributed by atoms with E-state index in [-0.39, 0.29) is 0 Å². The van der Waals surface area contributed by atoms with Crippen LogP contribution in [0.2, 0.25) is 0 Å². The van der Waals surface area contributed by atoms with Gasteiger partial charge >= 0.3 is 0 Å². The lowest BCUT2D eigenvalue weighted by atomic mass is 10.0. The van der Waals surface area contributed by atoms with Gasteiger partial charge in [-0.05, 0) is 54.4 Å². The topological polar surface area (TPSA) is 50.8 Å². The summed E-state index contributed by atoms with van der Waals surface area (Å²) in [5.41, 5.74) is 4.72. The van der Waals surface area contributed by atoms with Crippen LogP contribution in [0.3, 0.4) is 0 Å². The summed E-state index contributed by atoms with van der Waals surface area (Å²) in [7, 11) is 2.01. The molecule has 0 fully saturated rings. The van der Waals surface area contributed by atoms with Gasteiger partial charge in [-0.1, -0.05) is 6.07 Å². The van der Waals surface area contributed by atoms with Crippen LogP contribution in [0.15, 0.2) is 42.5 Å². The van der Waals surface area contributed by atoms with E-state index in [1.54, 1.807) is 0 Å². The standard InChI is InChI=1S/C17H15N3/c1-13-9-15(11-19)3-6-16(13)12-20(2)17-7-4-14(10-18)5-8-17/h3-9H,12H2,1-2H3. The maximum absolute atomic E-state index is 8.88. The second kappa shape index (κ2) is 5.91. The highest BCUT2D eigenvalue weighted by Gasteiger charge is 2.05. The quantitative estimate of drug-likeness (QED) is 0.851. The molecule has 3 nitrogen and oxygen atoms in total. The number of hydrogen-bond donors (Lipinski definition) is 0. The van der Waals surface area contributed by atoms with Crippen molar-refractivity contribution in [3.05, 3.63) is 64.7 Å². The van der Waals surface area contributed by atoms with E-state index in [4.69, 9.17) is 10.5 Å². The maximum atomic E-state index is 8.88. The van der Waals surface area contributed by atoms with Crippen molar-refractivity contribution >= 4 is 5.69 Å². The fourth-order valence-electron chi connectivity index (χ4n) is 2.08. The van der Waals surface area contributed by atoms with Gasteiger partial charge in [-0.3, -0.25) is 0 Å². The van der Waals surface area contributed by atoms with Gasteiger partial charge in [-0.15, -0.1) is 0 Å². The Kier molecular flexibility index (Phi) is 4.03. The molecule has 98 valence electrons. The second-order valence-electron chi connectivity index (χ2n) is 4.77. The van der Waals surface area contributed by atoms with Gasteiger partial charge in [0.05, 0.1) is 23.3 Å². The highest BCUT2D eigenvalue weighted by Crippen LogP contribution is 2.18. The molecule has 0 atom stereocenters. The highest BCUT2D eigenvalue weighted by molar-refractivity contribution is 5.50. The Balaban J connectivity index is 2.17. The Morgan fingerprint density at radius 1 is 0.950 bits per heavy atom. The van der Waals surface area contributed by atoms with Gasteiger partial charge in [0.1, 0.15) is 0 Å². The molecule has 0 bridgehead atoms. The molecule has 2 rings (SSSR count). The summed E-state index contributed by atoms with van der Waals surface area (Å²) in [6.45, 7) is 2.78. The molecule has 2 aromatic rings. The number of rotatable bonds is 3. The zero-order chi connectivity index (χ0) is 14.5. The molecule has 0 aliphatic carbocycles. The molecular formula is C17H15N3. The minimum Gasteiger partial charge on any atom is -0.370 e. The summed E-state index contributed by atoms with van der Waals surface area (Å²) < 4.78 is 0. The molecule has 0 radical (unpaired) electrons. The van der Waals surface area contributed by atoms with E-state index in [2.05, 4.69) is 17.0 Å². The van der Waals surface area contributed by atoms with Crippen molar-refractivity contribution in [2.75, 3.05) is 11.9 Å². The molecule has 0 N–H and O–H groups in total. The Hall–Kier alpha value is -2.78. The molecule has 0 unspecified atom stereocenters. The van der Waals surface area contributed by atoms with Gasteiger partial charge in [0.15, 0.2) is 0 Å². The van der Waals surface area contributed by atoms with Crippen LogP contribution in [0.4, 0.5) is 5.69 Å². The van der Waals surface area contributed by atoms with Crippen LogP contribution in [0.1, 0.15) is 22.3 Å². The van der Waals surface area contributed by atoms with E-state index in [9.17, 15) is 0 Å². The van der Waals surface area contributed by atoms with Crippen molar-refractivity contribution < 1.29 is 0 Å². The fraction of sp³-hybridized carbons (Fsp3) is 0.176. The first kappa shape index (κ1) is 13.6. The maximum Gasteiger partial charge on any atom is 0.0991 e. The summed E-state index contributed by atoms with van der Waals surface area (Å²) in [5.74, 6) is 0. The molecule has 0 spiro atoms. The molecule has 0 heterocycles. The molecular weight excluding hydrogens is 246 g/mol. The summed E-state index contributed by atoms with van der Waals surface area (Å²) in [4.78, 5) is 2.12. The van der Waals surface area contributed by atoms with Crippen LogP contribution in [-0.2, 0) is 6.54 Å². The molecule has 0 saturated heterocycles. The number of benzene rings is 2. The summed E-state index contributed by atoms with van der Waals surface area (Å²) >= 11 is 0. The van der Waals surface area contributed by atoms with Crippen LogP contribution < -0.4 is 4.90 Å². The average molecular weight is 261 g/mol. The predicted molar refractivity (Wildman–Crippen MR) is 79.2 cm³/mol. The van der Waals surface area contributed by atoms with Crippen molar-refractivity contribution in [1.82, 2.24) is 0 Å². The lowest BCUT2D eigenvalue weighted by Crippen LogP contribution is -2.17. The number of hydrogen-bond acceptors (Lipinski definition) is 3.